The highest BCUT2D eigenvalue weighted by Crippen LogP contribution is 2.29. The highest BCUT2D eigenvalue weighted by Gasteiger charge is 2.15. The van der Waals surface area contributed by atoms with Crippen LogP contribution in [0.25, 0.3) is 0 Å². The molecule has 3 aromatic carbocycles. The zero-order valence-electron chi connectivity index (χ0n) is 20.9. The highest BCUT2D eigenvalue weighted by molar-refractivity contribution is 9.10. The van der Waals surface area contributed by atoms with Crippen molar-refractivity contribution in [3.05, 3.63) is 82.3 Å². The molecule has 0 fully saturated rings. The van der Waals surface area contributed by atoms with E-state index in [-0.39, 0.29) is 5.75 Å². The van der Waals surface area contributed by atoms with Gasteiger partial charge in [0.15, 0.2) is 17.6 Å². The van der Waals surface area contributed by atoms with Crippen molar-refractivity contribution in [2.24, 2.45) is 5.10 Å². The van der Waals surface area contributed by atoms with Gasteiger partial charge in [0.25, 0.3) is 5.91 Å². The molecular weight excluding hydrogens is 540 g/mol. The maximum Gasteiger partial charge on any atom is 0.343 e. The average Bonchev–Trinajstić information content (AvgIpc) is 2.90. The molecule has 9 heteroatoms. The van der Waals surface area contributed by atoms with Gasteiger partial charge in [0.05, 0.1) is 25.0 Å². The molecule has 8 nitrogen and oxygen atoms in total. The lowest BCUT2D eigenvalue weighted by atomic mass is 10.2. The Morgan fingerprint density at radius 2 is 1.65 bits per heavy atom. The third kappa shape index (κ3) is 8.64. The van der Waals surface area contributed by atoms with E-state index in [1.54, 1.807) is 61.5 Å². The molecule has 1 N–H and O–H groups in total. The first-order valence-electron chi connectivity index (χ1n) is 11.9. The molecule has 0 heterocycles. The summed E-state index contributed by atoms with van der Waals surface area (Å²) < 4.78 is 23.3. The Morgan fingerprint density at radius 3 is 2.32 bits per heavy atom. The summed E-state index contributed by atoms with van der Waals surface area (Å²) in [5.74, 6) is 0.995. The normalized spacial score (nSPS) is 11.6. The molecule has 0 saturated heterocycles. The average molecular weight is 569 g/mol. The maximum absolute atomic E-state index is 12.6. The van der Waals surface area contributed by atoms with Crippen LogP contribution in [0, 0.1) is 0 Å². The van der Waals surface area contributed by atoms with E-state index in [4.69, 9.17) is 18.9 Å². The summed E-state index contributed by atoms with van der Waals surface area (Å²) in [7, 11) is 0. The van der Waals surface area contributed by atoms with Crippen LogP contribution in [0.1, 0.15) is 43.1 Å². The Labute approximate surface area is 224 Å². The van der Waals surface area contributed by atoms with Crippen molar-refractivity contribution in [3.8, 4) is 23.0 Å². The lowest BCUT2D eigenvalue weighted by Gasteiger charge is -2.13. The molecule has 0 aromatic heterocycles. The quantitative estimate of drug-likeness (QED) is 0.129. The molecule has 3 aromatic rings. The second kappa shape index (κ2) is 14.0. The van der Waals surface area contributed by atoms with Gasteiger partial charge in [0.1, 0.15) is 11.5 Å². The first-order valence-corrected chi connectivity index (χ1v) is 12.7. The molecule has 0 aliphatic carbocycles. The summed E-state index contributed by atoms with van der Waals surface area (Å²) in [5.41, 5.74) is 3.49. The number of nitrogens with zero attached hydrogens (tertiary/aromatic N) is 1. The van der Waals surface area contributed by atoms with E-state index in [1.165, 1.54) is 6.21 Å². The van der Waals surface area contributed by atoms with Gasteiger partial charge in [0, 0.05) is 4.47 Å². The number of nitrogens with one attached hydrogen (secondary N) is 1. The van der Waals surface area contributed by atoms with Gasteiger partial charge in [-0.15, -0.1) is 0 Å². The molecule has 0 spiro atoms. The predicted molar refractivity (Wildman–Crippen MR) is 145 cm³/mol. The van der Waals surface area contributed by atoms with Crippen LogP contribution in [0.15, 0.2) is 76.3 Å². The number of esters is 1. The maximum atomic E-state index is 12.6. The van der Waals surface area contributed by atoms with Crippen LogP contribution in [0.2, 0.25) is 0 Å². The molecule has 1 amide bonds. The summed E-state index contributed by atoms with van der Waals surface area (Å²) in [6.07, 6.45) is 1.62. The molecule has 0 aliphatic heterocycles. The number of halogens is 1. The molecule has 194 valence electrons. The monoisotopic (exact) mass is 568 g/mol. The Balaban J connectivity index is 1.60. The van der Waals surface area contributed by atoms with E-state index in [0.29, 0.717) is 41.6 Å². The topological polar surface area (TPSA) is 95.5 Å². The molecule has 3 rings (SSSR count). The van der Waals surface area contributed by atoms with Crippen LogP contribution < -0.4 is 24.4 Å². The van der Waals surface area contributed by atoms with Crippen molar-refractivity contribution >= 4 is 34.0 Å². The van der Waals surface area contributed by atoms with Crippen LogP contribution in [0.3, 0.4) is 0 Å². The second-order valence-electron chi connectivity index (χ2n) is 7.85. The van der Waals surface area contributed by atoms with Gasteiger partial charge in [-0.3, -0.25) is 4.79 Å². The number of carbonyl (C=O) groups excluding carboxylic acids is 2. The second-order valence-corrected chi connectivity index (χ2v) is 8.77. The smallest absolute Gasteiger partial charge is 0.343 e. The minimum Gasteiger partial charge on any atom is -0.494 e. The zero-order valence-corrected chi connectivity index (χ0v) is 22.5. The predicted octanol–water partition coefficient (Wildman–Crippen LogP) is 5.77. The number of carbonyl (C=O) groups is 2. The van der Waals surface area contributed by atoms with Crippen LogP contribution in [-0.4, -0.2) is 37.4 Å². The fraction of sp³-hybridized carbons (Fsp3) is 0.250. The Bertz CT molecular complexity index is 1210. The summed E-state index contributed by atoms with van der Waals surface area (Å²) >= 11 is 3.36. The van der Waals surface area contributed by atoms with E-state index >= 15 is 0 Å². The summed E-state index contributed by atoms with van der Waals surface area (Å²) in [6, 6.07) is 18.9. The minimum atomic E-state index is -0.744. The number of rotatable bonds is 12. The van der Waals surface area contributed by atoms with Gasteiger partial charge in [-0.05, 0) is 92.6 Å². The van der Waals surface area contributed by atoms with Gasteiger partial charge >= 0.3 is 5.97 Å². The fourth-order valence-electron chi connectivity index (χ4n) is 3.06. The Kier molecular flexibility index (Phi) is 10.5. The highest BCUT2D eigenvalue weighted by atomic mass is 79.9. The van der Waals surface area contributed by atoms with Crippen LogP contribution in [0.4, 0.5) is 0 Å². The van der Waals surface area contributed by atoms with Crippen molar-refractivity contribution in [1.29, 1.82) is 0 Å². The van der Waals surface area contributed by atoms with Gasteiger partial charge in [0.2, 0.25) is 0 Å². The molecule has 0 bridgehead atoms. The molecule has 0 saturated carbocycles. The number of amides is 1. The van der Waals surface area contributed by atoms with E-state index < -0.39 is 18.0 Å². The summed E-state index contributed by atoms with van der Waals surface area (Å²) in [4.78, 5) is 24.9. The number of hydrazone groups is 1. The summed E-state index contributed by atoms with van der Waals surface area (Å²) in [5, 5.41) is 4.00. The van der Waals surface area contributed by atoms with E-state index in [0.717, 1.165) is 10.9 Å². The van der Waals surface area contributed by atoms with Gasteiger partial charge in [-0.25, -0.2) is 10.2 Å². The fourth-order valence-corrected chi connectivity index (χ4v) is 3.32. The largest absolute Gasteiger partial charge is 0.494 e. The summed E-state index contributed by atoms with van der Waals surface area (Å²) in [6.45, 7) is 6.47. The third-order valence-electron chi connectivity index (χ3n) is 4.92. The molecule has 1 unspecified atom stereocenters. The number of ether oxygens (including phenoxy) is 4. The standard InChI is InChI=1S/C28H29BrN2O6/c1-4-16-35-23-11-7-21(8-12-23)28(33)37-25-15-6-20(17-26(25)34-5-2)18-30-31-27(32)19(3)36-24-13-9-22(29)10-14-24/h6-15,17-19H,4-5,16H2,1-3H3,(H,31,32)/b30-18+. The first kappa shape index (κ1) is 27.7. The van der Waals surface area contributed by atoms with E-state index in [2.05, 4.69) is 26.5 Å². The lowest BCUT2D eigenvalue weighted by Crippen LogP contribution is -2.33. The van der Waals surface area contributed by atoms with Crippen molar-refractivity contribution in [3.63, 3.8) is 0 Å². The van der Waals surface area contributed by atoms with Gasteiger partial charge in [-0.2, -0.15) is 5.10 Å². The van der Waals surface area contributed by atoms with Crippen molar-refractivity contribution in [2.75, 3.05) is 13.2 Å². The first-order chi connectivity index (χ1) is 17.9. The Morgan fingerprint density at radius 1 is 0.946 bits per heavy atom. The van der Waals surface area contributed by atoms with Crippen molar-refractivity contribution in [2.45, 2.75) is 33.3 Å². The zero-order chi connectivity index (χ0) is 26.6. The molecule has 0 aliphatic rings. The van der Waals surface area contributed by atoms with E-state index in [1.807, 2.05) is 26.0 Å². The van der Waals surface area contributed by atoms with Crippen LogP contribution in [-0.2, 0) is 4.79 Å². The number of benzene rings is 3. The van der Waals surface area contributed by atoms with Crippen molar-refractivity contribution in [1.82, 2.24) is 5.43 Å². The molecule has 0 radical (unpaired) electrons. The SMILES string of the molecule is CCCOc1ccc(C(=O)Oc2ccc(/C=N/NC(=O)C(C)Oc3ccc(Br)cc3)cc2OCC)cc1. The third-order valence-corrected chi connectivity index (χ3v) is 5.45. The molecular formula is C28H29BrN2O6. The van der Waals surface area contributed by atoms with Crippen LogP contribution in [0.5, 0.6) is 23.0 Å². The number of hydrogen-bond acceptors (Lipinski definition) is 7. The van der Waals surface area contributed by atoms with Crippen LogP contribution >= 0.6 is 15.9 Å². The van der Waals surface area contributed by atoms with Crippen molar-refractivity contribution < 1.29 is 28.5 Å². The molecule has 37 heavy (non-hydrogen) atoms. The van der Waals surface area contributed by atoms with Gasteiger partial charge in [-0.1, -0.05) is 22.9 Å². The lowest BCUT2D eigenvalue weighted by molar-refractivity contribution is -0.127. The number of hydrogen-bond donors (Lipinski definition) is 1. The minimum absolute atomic E-state index is 0.274. The van der Waals surface area contributed by atoms with Gasteiger partial charge < -0.3 is 18.9 Å². The van der Waals surface area contributed by atoms with E-state index in [9.17, 15) is 9.59 Å². The molecule has 1 atom stereocenters. The Hall–Kier alpha value is -3.85.